The molecule has 5 nitrogen and oxygen atoms in total. The Balaban J connectivity index is 1.38. The summed E-state index contributed by atoms with van der Waals surface area (Å²) >= 11 is 0. The molecule has 3 heterocycles. The maximum absolute atomic E-state index is 5.90. The Morgan fingerprint density at radius 1 is 0.379 bits per heavy atom. The van der Waals surface area contributed by atoms with Gasteiger partial charge in [-0.3, -0.25) is 9.97 Å². The lowest BCUT2D eigenvalue weighted by Crippen LogP contribution is -1.81. The summed E-state index contributed by atoms with van der Waals surface area (Å²) in [6.07, 6.45) is 7.14. The van der Waals surface area contributed by atoms with Crippen molar-refractivity contribution in [3.8, 4) is 45.2 Å². The molecular weight excluding hydrogens is 360 g/mol. The molecule has 0 spiro atoms. The smallest absolute Gasteiger partial charge is 0.248 e. The topological polar surface area (TPSA) is 64.7 Å². The zero-order valence-corrected chi connectivity index (χ0v) is 15.4. The third-order valence-electron chi connectivity index (χ3n) is 4.72. The molecule has 0 N–H and O–H groups in total. The molecule has 0 aliphatic heterocycles. The van der Waals surface area contributed by atoms with Crippen molar-refractivity contribution in [3.05, 3.63) is 97.6 Å². The molecule has 5 heteroatoms. The van der Waals surface area contributed by atoms with Gasteiger partial charge in [-0.25, -0.2) is 0 Å². The Hall–Kier alpha value is -4.12. The zero-order valence-electron chi connectivity index (χ0n) is 15.4. The average Bonchev–Trinajstić information content (AvgIpc) is 3.31. The van der Waals surface area contributed by atoms with Gasteiger partial charge in [0.25, 0.3) is 0 Å². The van der Waals surface area contributed by atoms with E-state index in [0.717, 1.165) is 33.4 Å². The van der Waals surface area contributed by atoms with Crippen molar-refractivity contribution in [1.29, 1.82) is 0 Å². The maximum Gasteiger partial charge on any atom is 0.248 e. The lowest BCUT2D eigenvalue weighted by molar-refractivity contribution is 0.584. The van der Waals surface area contributed by atoms with Crippen molar-refractivity contribution in [3.63, 3.8) is 0 Å². The fourth-order valence-electron chi connectivity index (χ4n) is 3.16. The van der Waals surface area contributed by atoms with Crippen molar-refractivity contribution < 1.29 is 4.42 Å². The first kappa shape index (κ1) is 17.0. The first-order chi connectivity index (χ1) is 14.4. The summed E-state index contributed by atoms with van der Waals surface area (Å²) in [6.45, 7) is 0. The van der Waals surface area contributed by atoms with Crippen LogP contribution >= 0.6 is 0 Å². The highest BCUT2D eigenvalue weighted by Gasteiger charge is 2.11. The summed E-state index contributed by atoms with van der Waals surface area (Å²) in [6, 6.07) is 24.0. The van der Waals surface area contributed by atoms with Crippen molar-refractivity contribution >= 4 is 0 Å². The van der Waals surface area contributed by atoms with Crippen LogP contribution < -0.4 is 0 Å². The van der Waals surface area contributed by atoms with Gasteiger partial charge in [0, 0.05) is 35.9 Å². The van der Waals surface area contributed by atoms with Gasteiger partial charge in [-0.05, 0) is 70.8 Å². The standard InChI is InChI=1S/C24H16N4O/c1-5-21(6-2-17(1)19-9-13-25-14-10-19)23-27-28-24(29-23)22-7-3-18(4-8-22)20-11-15-26-16-12-20/h1-16H. The van der Waals surface area contributed by atoms with Gasteiger partial charge in [0.05, 0.1) is 0 Å². The molecule has 0 bridgehead atoms. The van der Waals surface area contributed by atoms with Crippen LogP contribution in [0.3, 0.4) is 0 Å². The van der Waals surface area contributed by atoms with E-state index < -0.39 is 0 Å². The van der Waals surface area contributed by atoms with Gasteiger partial charge in [0.1, 0.15) is 0 Å². The van der Waals surface area contributed by atoms with E-state index in [1.165, 1.54) is 0 Å². The average molecular weight is 376 g/mol. The molecule has 29 heavy (non-hydrogen) atoms. The van der Waals surface area contributed by atoms with E-state index in [4.69, 9.17) is 4.42 Å². The van der Waals surface area contributed by atoms with Crippen LogP contribution in [0.5, 0.6) is 0 Å². The van der Waals surface area contributed by atoms with E-state index in [1.54, 1.807) is 24.8 Å². The third-order valence-corrected chi connectivity index (χ3v) is 4.72. The molecule has 0 unspecified atom stereocenters. The third kappa shape index (κ3) is 3.53. The lowest BCUT2D eigenvalue weighted by Gasteiger charge is -2.02. The molecule has 3 aromatic heterocycles. The Labute approximate surface area is 167 Å². The Morgan fingerprint density at radius 3 is 1.07 bits per heavy atom. The number of benzene rings is 2. The van der Waals surface area contributed by atoms with Crippen molar-refractivity contribution in [2.45, 2.75) is 0 Å². The molecule has 0 aliphatic carbocycles. The van der Waals surface area contributed by atoms with E-state index in [1.807, 2.05) is 72.8 Å². The van der Waals surface area contributed by atoms with Crippen LogP contribution in [0.25, 0.3) is 45.2 Å². The first-order valence-electron chi connectivity index (χ1n) is 9.22. The predicted octanol–water partition coefficient (Wildman–Crippen LogP) is 5.53. The van der Waals surface area contributed by atoms with E-state index in [0.29, 0.717) is 11.8 Å². The molecule has 0 saturated heterocycles. The molecular formula is C24H16N4O. The Kier molecular flexibility index (Phi) is 4.39. The summed E-state index contributed by atoms with van der Waals surface area (Å²) in [4.78, 5) is 8.11. The highest BCUT2D eigenvalue weighted by atomic mass is 16.4. The van der Waals surface area contributed by atoms with Gasteiger partial charge in [-0.1, -0.05) is 24.3 Å². The minimum Gasteiger partial charge on any atom is -0.416 e. The zero-order chi connectivity index (χ0) is 19.5. The number of pyridine rings is 2. The largest absolute Gasteiger partial charge is 0.416 e. The van der Waals surface area contributed by atoms with Gasteiger partial charge in [-0.15, -0.1) is 10.2 Å². The highest BCUT2D eigenvalue weighted by Crippen LogP contribution is 2.28. The second kappa shape index (κ2) is 7.48. The molecule has 0 fully saturated rings. The van der Waals surface area contributed by atoms with Crippen LogP contribution in [-0.4, -0.2) is 20.2 Å². The fourth-order valence-corrected chi connectivity index (χ4v) is 3.16. The number of rotatable bonds is 4. The second-order valence-corrected chi connectivity index (χ2v) is 6.54. The van der Waals surface area contributed by atoms with E-state index in [9.17, 15) is 0 Å². The van der Waals surface area contributed by atoms with Crippen molar-refractivity contribution in [2.75, 3.05) is 0 Å². The van der Waals surface area contributed by atoms with Crippen molar-refractivity contribution in [1.82, 2.24) is 20.2 Å². The molecule has 0 aliphatic rings. The summed E-state index contributed by atoms with van der Waals surface area (Å²) < 4.78 is 5.90. The van der Waals surface area contributed by atoms with Crippen LogP contribution in [0.1, 0.15) is 0 Å². The summed E-state index contributed by atoms with van der Waals surface area (Å²) in [5, 5.41) is 8.42. The molecule has 0 amide bonds. The van der Waals surface area contributed by atoms with Gasteiger partial charge < -0.3 is 4.42 Å². The highest BCUT2D eigenvalue weighted by molar-refractivity contribution is 5.69. The number of aromatic nitrogens is 4. The fraction of sp³-hybridized carbons (Fsp3) is 0. The predicted molar refractivity (Wildman–Crippen MR) is 112 cm³/mol. The summed E-state index contributed by atoms with van der Waals surface area (Å²) in [7, 11) is 0. The normalized spacial score (nSPS) is 10.8. The molecule has 2 aromatic carbocycles. The van der Waals surface area contributed by atoms with E-state index >= 15 is 0 Å². The van der Waals surface area contributed by atoms with Gasteiger partial charge in [-0.2, -0.15) is 0 Å². The minimum atomic E-state index is 0.500. The number of hydrogen-bond donors (Lipinski definition) is 0. The van der Waals surface area contributed by atoms with E-state index in [-0.39, 0.29) is 0 Å². The van der Waals surface area contributed by atoms with Crippen LogP contribution in [0, 0.1) is 0 Å². The second-order valence-electron chi connectivity index (χ2n) is 6.54. The lowest BCUT2D eigenvalue weighted by atomic mass is 10.1. The number of nitrogens with zero attached hydrogens (tertiary/aromatic N) is 4. The van der Waals surface area contributed by atoms with Crippen molar-refractivity contribution in [2.24, 2.45) is 0 Å². The summed E-state index contributed by atoms with van der Waals surface area (Å²) in [5.41, 5.74) is 6.23. The van der Waals surface area contributed by atoms with Crippen LogP contribution in [0.15, 0.2) is 102 Å². The van der Waals surface area contributed by atoms with Gasteiger partial charge in [0.15, 0.2) is 0 Å². The quantitative estimate of drug-likeness (QED) is 0.413. The molecule has 5 aromatic rings. The minimum absolute atomic E-state index is 0.500. The van der Waals surface area contributed by atoms with Gasteiger partial charge >= 0.3 is 0 Å². The van der Waals surface area contributed by atoms with Gasteiger partial charge in [0.2, 0.25) is 11.8 Å². The molecule has 0 saturated carbocycles. The molecule has 0 radical (unpaired) electrons. The molecule has 138 valence electrons. The molecule has 5 rings (SSSR count). The SMILES string of the molecule is c1cc(-c2ccc(-c3nnc(-c4ccc(-c5ccncc5)cc4)o3)cc2)ccn1. The maximum atomic E-state index is 5.90. The Bertz CT molecular complexity index is 1120. The number of hydrogen-bond acceptors (Lipinski definition) is 5. The van der Waals surface area contributed by atoms with Crippen LogP contribution in [0.2, 0.25) is 0 Å². The van der Waals surface area contributed by atoms with Crippen LogP contribution in [-0.2, 0) is 0 Å². The van der Waals surface area contributed by atoms with Crippen LogP contribution in [0.4, 0.5) is 0 Å². The Morgan fingerprint density at radius 2 is 0.690 bits per heavy atom. The molecule has 0 atom stereocenters. The monoisotopic (exact) mass is 376 g/mol. The van der Waals surface area contributed by atoms with E-state index in [2.05, 4.69) is 20.2 Å². The first-order valence-corrected chi connectivity index (χ1v) is 9.22. The summed E-state index contributed by atoms with van der Waals surface area (Å²) in [5.74, 6) is 0.999.